The van der Waals surface area contributed by atoms with E-state index in [0.717, 1.165) is 22.2 Å². The molecule has 4 aromatic rings. The van der Waals surface area contributed by atoms with Crippen molar-refractivity contribution < 1.29 is 4.74 Å². The number of nitrogens with one attached hydrogen (secondary N) is 2. The second-order valence-electron chi connectivity index (χ2n) is 6.10. The summed E-state index contributed by atoms with van der Waals surface area (Å²) in [6.07, 6.45) is 3.31. The minimum atomic E-state index is 0.332. The summed E-state index contributed by atoms with van der Waals surface area (Å²) < 4.78 is 5.38. The molecule has 2 N–H and O–H groups in total. The van der Waals surface area contributed by atoms with E-state index < -0.39 is 0 Å². The highest BCUT2D eigenvalue weighted by Crippen LogP contribution is 2.32. The number of ether oxygens (including phenoxy) is 1. The highest BCUT2D eigenvalue weighted by Gasteiger charge is 2.10. The van der Waals surface area contributed by atoms with Crippen molar-refractivity contribution >= 4 is 45.6 Å². The average molecular weight is 393 g/mol. The Hall–Kier alpha value is -3.45. The number of hydrogen-bond donors (Lipinski definition) is 2. The first-order valence-corrected chi connectivity index (χ1v) is 8.93. The van der Waals surface area contributed by atoms with Gasteiger partial charge >= 0.3 is 0 Å². The zero-order chi connectivity index (χ0) is 19.5. The number of para-hydroxylation sites is 1. The van der Waals surface area contributed by atoms with E-state index in [0.29, 0.717) is 28.2 Å². The molecule has 0 atom stereocenters. The first-order valence-electron chi connectivity index (χ1n) is 8.55. The molecule has 140 valence electrons. The van der Waals surface area contributed by atoms with Crippen LogP contribution in [0.1, 0.15) is 5.56 Å². The molecule has 28 heavy (non-hydrogen) atoms. The van der Waals surface area contributed by atoms with E-state index in [1.54, 1.807) is 25.6 Å². The fourth-order valence-corrected chi connectivity index (χ4v) is 2.96. The number of rotatable bonds is 5. The summed E-state index contributed by atoms with van der Waals surface area (Å²) in [5.41, 5.74) is 3.31. The molecule has 4 rings (SSSR count). The van der Waals surface area contributed by atoms with E-state index in [4.69, 9.17) is 16.3 Å². The Kier molecular flexibility index (Phi) is 4.90. The van der Waals surface area contributed by atoms with Gasteiger partial charge in [0.25, 0.3) is 0 Å². The van der Waals surface area contributed by atoms with E-state index in [1.807, 2.05) is 43.3 Å². The third-order valence-corrected chi connectivity index (χ3v) is 4.59. The van der Waals surface area contributed by atoms with Gasteiger partial charge in [-0.3, -0.25) is 4.98 Å². The highest BCUT2D eigenvalue weighted by molar-refractivity contribution is 6.31. The van der Waals surface area contributed by atoms with Gasteiger partial charge in [-0.05, 0) is 30.7 Å². The third kappa shape index (κ3) is 3.65. The molecule has 0 bridgehead atoms. The molecule has 0 radical (unpaired) electrons. The highest BCUT2D eigenvalue weighted by atomic mass is 35.5. The van der Waals surface area contributed by atoms with Gasteiger partial charge in [-0.1, -0.05) is 29.8 Å². The molecule has 0 fully saturated rings. The predicted octanol–water partition coefficient (Wildman–Crippen LogP) is 4.88. The van der Waals surface area contributed by atoms with Gasteiger partial charge in [0, 0.05) is 22.7 Å². The van der Waals surface area contributed by atoms with Crippen LogP contribution in [0, 0.1) is 6.92 Å². The second kappa shape index (κ2) is 7.66. The minimum absolute atomic E-state index is 0.332. The first kappa shape index (κ1) is 17.9. The van der Waals surface area contributed by atoms with E-state index in [-0.39, 0.29) is 0 Å². The van der Waals surface area contributed by atoms with E-state index in [9.17, 15) is 0 Å². The number of benzene rings is 2. The molecule has 8 heteroatoms. The normalized spacial score (nSPS) is 10.7. The maximum atomic E-state index is 6.16. The lowest BCUT2D eigenvalue weighted by atomic mass is 10.2. The molecule has 0 aliphatic rings. The number of halogens is 1. The van der Waals surface area contributed by atoms with Gasteiger partial charge in [0.05, 0.1) is 30.2 Å². The largest absolute Gasteiger partial charge is 0.495 e. The standard InChI is InChI=1S/C20H17ClN6O/c1-12-9-16(17(28-2)10-14(12)21)25-20-26-18(11-23-27-20)24-15-7-3-5-13-6-4-8-22-19(13)15/h3-11H,1-2H3,(H2,24,25,26,27). The monoisotopic (exact) mass is 392 g/mol. The van der Waals surface area contributed by atoms with Crippen LogP contribution in [0.25, 0.3) is 10.9 Å². The van der Waals surface area contributed by atoms with Gasteiger partial charge in [-0.2, -0.15) is 10.1 Å². The zero-order valence-corrected chi connectivity index (χ0v) is 16.0. The van der Waals surface area contributed by atoms with Crippen molar-refractivity contribution in [3.05, 3.63) is 65.4 Å². The van der Waals surface area contributed by atoms with Crippen LogP contribution in [0.2, 0.25) is 5.02 Å². The molecule has 0 unspecified atom stereocenters. The Bertz CT molecular complexity index is 1150. The maximum Gasteiger partial charge on any atom is 0.249 e. The fourth-order valence-electron chi connectivity index (χ4n) is 2.81. The number of hydrogen-bond acceptors (Lipinski definition) is 7. The smallest absolute Gasteiger partial charge is 0.249 e. The number of anilines is 4. The molecule has 0 saturated heterocycles. The van der Waals surface area contributed by atoms with E-state index in [1.165, 1.54) is 0 Å². The molecule has 0 aliphatic carbocycles. The summed E-state index contributed by atoms with van der Waals surface area (Å²) in [4.78, 5) is 8.92. The summed E-state index contributed by atoms with van der Waals surface area (Å²) >= 11 is 6.16. The van der Waals surface area contributed by atoms with Crippen LogP contribution in [0.5, 0.6) is 5.75 Å². The first-order chi connectivity index (χ1) is 13.6. The van der Waals surface area contributed by atoms with E-state index in [2.05, 4.69) is 30.8 Å². The van der Waals surface area contributed by atoms with Crippen LogP contribution < -0.4 is 15.4 Å². The third-order valence-electron chi connectivity index (χ3n) is 4.18. The van der Waals surface area contributed by atoms with Crippen LogP contribution in [0.4, 0.5) is 23.1 Å². The summed E-state index contributed by atoms with van der Waals surface area (Å²) in [5.74, 6) is 1.47. The number of nitrogens with zero attached hydrogens (tertiary/aromatic N) is 4. The van der Waals surface area contributed by atoms with Gasteiger partial charge in [-0.15, -0.1) is 5.10 Å². The fraction of sp³-hybridized carbons (Fsp3) is 0.100. The number of aromatic nitrogens is 4. The zero-order valence-electron chi connectivity index (χ0n) is 15.3. The van der Waals surface area contributed by atoms with Crippen LogP contribution in [0.3, 0.4) is 0 Å². The summed E-state index contributed by atoms with van der Waals surface area (Å²) in [6, 6.07) is 13.4. The Morgan fingerprint density at radius 1 is 1.04 bits per heavy atom. The van der Waals surface area contributed by atoms with Gasteiger partial charge in [0.1, 0.15) is 5.75 Å². The van der Waals surface area contributed by atoms with Crippen LogP contribution in [-0.2, 0) is 0 Å². The van der Waals surface area contributed by atoms with Gasteiger partial charge in [-0.25, -0.2) is 0 Å². The van der Waals surface area contributed by atoms with Gasteiger partial charge in [0.15, 0.2) is 5.82 Å². The molecule has 2 aromatic carbocycles. The molecular formula is C20H17ClN6O. The number of aryl methyl sites for hydroxylation is 1. The lowest BCUT2D eigenvalue weighted by molar-refractivity contribution is 0.416. The predicted molar refractivity (Wildman–Crippen MR) is 111 cm³/mol. The number of pyridine rings is 1. The quantitative estimate of drug-likeness (QED) is 0.500. The second-order valence-corrected chi connectivity index (χ2v) is 6.50. The van der Waals surface area contributed by atoms with Crippen molar-refractivity contribution in [3.63, 3.8) is 0 Å². The lowest BCUT2D eigenvalue weighted by Gasteiger charge is -2.13. The topological polar surface area (TPSA) is 84.9 Å². The molecule has 0 saturated carbocycles. The molecule has 7 nitrogen and oxygen atoms in total. The van der Waals surface area contributed by atoms with Crippen LogP contribution >= 0.6 is 11.6 Å². The van der Waals surface area contributed by atoms with Crippen LogP contribution in [-0.4, -0.2) is 27.3 Å². The molecule has 2 heterocycles. The van der Waals surface area contributed by atoms with Gasteiger partial charge < -0.3 is 15.4 Å². The van der Waals surface area contributed by atoms with Gasteiger partial charge in [0.2, 0.25) is 5.95 Å². The Balaban J connectivity index is 1.63. The Labute approximate surface area is 166 Å². The van der Waals surface area contributed by atoms with Crippen molar-refractivity contribution in [2.75, 3.05) is 17.7 Å². The number of methoxy groups -OCH3 is 1. The van der Waals surface area contributed by atoms with E-state index >= 15 is 0 Å². The van der Waals surface area contributed by atoms with Crippen LogP contribution in [0.15, 0.2) is 54.9 Å². The SMILES string of the molecule is COc1cc(Cl)c(C)cc1Nc1nncc(Nc2cccc3cccnc23)n1. The summed E-state index contributed by atoms with van der Waals surface area (Å²) in [7, 11) is 1.58. The van der Waals surface area contributed by atoms with Crippen molar-refractivity contribution in [2.45, 2.75) is 6.92 Å². The number of fused-ring (bicyclic) bond motifs is 1. The molecular weight excluding hydrogens is 376 g/mol. The van der Waals surface area contributed by atoms with Crippen molar-refractivity contribution in [2.24, 2.45) is 0 Å². The Morgan fingerprint density at radius 2 is 1.89 bits per heavy atom. The van der Waals surface area contributed by atoms with Crippen molar-refractivity contribution in [3.8, 4) is 5.75 Å². The summed E-state index contributed by atoms with van der Waals surface area (Å²) in [6.45, 7) is 1.91. The summed E-state index contributed by atoms with van der Waals surface area (Å²) in [5, 5.41) is 16.1. The lowest BCUT2D eigenvalue weighted by Crippen LogP contribution is -2.04. The van der Waals surface area contributed by atoms with Crippen molar-refractivity contribution in [1.82, 2.24) is 20.2 Å². The Morgan fingerprint density at radius 3 is 2.75 bits per heavy atom. The molecule has 0 amide bonds. The minimum Gasteiger partial charge on any atom is -0.495 e. The molecule has 2 aromatic heterocycles. The molecule has 0 spiro atoms. The average Bonchev–Trinajstić information content (AvgIpc) is 2.71. The maximum absolute atomic E-state index is 6.16. The van der Waals surface area contributed by atoms with Crippen molar-refractivity contribution in [1.29, 1.82) is 0 Å². The molecule has 0 aliphatic heterocycles.